The van der Waals surface area contributed by atoms with Crippen LogP contribution < -0.4 is 0 Å². The molecule has 0 spiro atoms. The fraction of sp³-hybridized carbons (Fsp3) is 0.400. The largest absolute Gasteiger partial charge is 0.391 e. The van der Waals surface area contributed by atoms with Gasteiger partial charge in [-0.3, -0.25) is 4.79 Å². The summed E-state index contributed by atoms with van der Waals surface area (Å²) < 4.78 is 37.9. The van der Waals surface area contributed by atoms with Crippen molar-refractivity contribution >= 4 is 16.8 Å². The molecule has 0 atom stereocenters. The molecule has 21 heavy (non-hydrogen) atoms. The quantitative estimate of drug-likeness (QED) is 0.858. The summed E-state index contributed by atoms with van der Waals surface area (Å²) in [5.41, 5.74) is 1.36. The van der Waals surface area contributed by atoms with E-state index >= 15 is 0 Å². The predicted molar refractivity (Wildman–Crippen MR) is 73.0 cm³/mol. The van der Waals surface area contributed by atoms with Crippen molar-refractivity contribution in [2.24, 2.45) is 5.92 Å². The second-order valence-corrected chi connectivity index (χ2v) is 5.39. The van der Waals surface area contributed by atoms with Gasteiger partial charge in [-0.15, -0.1) is 0 Å². The molecule has 1 N–H and O–H groups in total. The zero-order chi connectivity index (χ0) is 15.0. The number of aromatic amines is 1. The number of aromatic nitrogens is 1. The third-order valence-electron chi connectivity index (χ3n) is 4.05. The molecule has 2 aromatic rings. The van der Waals surface area contributed by atoms with E-state index in [-0.39, 0.29) is 31.8 Å². The number of hydrogen-bond acceptors (Lipinski definition) is 1. The Balaban J connectivity index is 1.71. The van der Waals surface area contributed by atoms with Crippen LogP contribution in [0, 0.1) is 5.92 Å². The number of nitrogens with zero attached hydrogens (tertiary/aromatic N) is 1. The SMILES string of the molecule is O=C(c1ccc2cc[nH]c2c1)N1CCC(C(F)(F)F)CC1. The van der Waals surface area contributed by atoms with E-state index in [4.69, 9.17) is 0 Å². The molecule has 1 aromatic heterocycles. The lowest BCUT2D eigenvalue weighted by molar-refractivity contribution is -0.183. The van der Waals surface area contributed by atoms with Crippen molar-refractivity contribution in [2.75, 3.05) is 13.1 Å². The number of H-pyrrole nitrogens is 1. The number of amides is 1. The number of hydrogen-bond donors (Lipinski definition) is 1. The molecule has 6 heteroatoms. The highest BCUT2D eigenvalue weighted by Crippen LogP contribution is 2.34. The highest BCUT2D eigenvalue weighted by molar-refractivity contribution is 5.97. The lowest BCUT2D eigenvalue weighted by Crippen LogP contribution is -2.42. The van der Waals surface area contributed by atoms with Crippen LogP contribution in [0.2, 0.25) is 0 Å². The van der Waals surface area contributed by atoms with E-state index < -0.39 is 12.1 Å². The average Bonchev–Trinajstić information content (AvgIpc) is 2.93. The van der Waals surface area contributed by atoms with Crippen LogP contribution >= 0.6 is 0 Å². The summed E-state index contributed by atoms with van der Waals surface area (Å²) in [6, 6.07) is 7.20. The van der Waals surface area contributed by atoms with Crippen molar-refractivity contribution in [3.05, 3.63) is 36.0 Å². The minimum absolute atomic E-state index is 0.0139. The normalized spacial score (nSPS) is 17.4. The van der Waals surface area contributed by atoms with Crippen molar-refractivity contribution in [1.29, 1.82) is 0 Å². The molecule has 3 rings (SSSR count). The second kappa shape index (κ2) is 5.09. The van der Waals surface area contributed by atoms with E-state index in [1.54, 1.807) is 18.3 Å². The van der Waals surface area contributed by atoms with E-state index in [9.17, 15) is 18.0 Å². The summed E-state index contributed by atoms with van der Waals surface area (Å²) >= 11 is 0. The molecule has 3 nitrogen and oxygen atoms in total. The molecule has 1 aliphatic rings. The Kier molecular flexibility index (Phi) is 3.39. The van der Waals surface area contributed by atoms with Crippen LogP contribution in [0.4, 0.5) is 13.2 Å². The van der Waals surface area contributed by atoms with Gasteiger partial charge in [0.25, 0.3) is 5.91 Å². The molecule has 2 heterocycles. The Bertz CT molecular complexity index is 654. The summed E-state index contributed by atoms with van der Waals surface area (Å²) in [6.07, 6.45) is -2.40. The van der Waals surface area contributed by atoms with Gasteiger partial charge in [-0.2, -0.15) is 13.2 Å². The standard InChI is InChI=1S/C15H15F3N2O/c16-15(17,18)12-4-7-20(8-5-12)14(21)11-2-1-10-3-6-19-13(10)9-11/h1-3,6,9,12,19H,4-5,7-8H2. The van der Waals surface area contributed by atoms with Crippen LogP contribution in [0.15, 0.2) is 30.5 Å². The van der Waals surface area contributed by atoms with E-state index in [0.29, 0.717) is 5.56 Å². The maximum Gasteiger partial charge on any atom is 0.391 e. The second-order valence-electron chi connectivity index (χ2n) is 5.39. The number of nitrogens with one attached hydrogen (secondary N) is 1. The van der Waals surface area contributed by atoms with Crippen LogP contribution in [0.25, 0.3) is 10.9 Å². The summed E-state index contributed by atoms with van der Waals surface area (Å²) in [5, 5.41) is 1.00. The topological polar surface area (TPSA) is 36.1 Å². The van der Waals surface area contributed by atoms with E-state index in [1.807, 2.05) is 12.1 Å². The zero-order valence-corrected chi connectivity index (χ0v) is 11.3. The summed E-state index contributed by atoms with van der Waals surface area (Å²) in [7, 11) is 0. The van der Waals surface area contributed by atoms with Gasteiger partial charge >= 0.3 is 6.18 Å². The van der Waals surface area contributed by atoms with E-state index in [0.717, 1.165) is 10.9 Å². The number of piperidine rings is 1. The lowest BCUT2D eigenvalue weighted by atomic mass is 9.96. The summed E-state index contributed by atoms with van der Waals surface area (Å²) in [4.78, 5) is 16.9. The minimum Gasteiger partial charge on any atom is -0.361 e. The first-order chi connectivity index (χ1) is 9.95. The van der Waals surface area contributed by atoms with Gasteiger partial charge in [-0.05, 0) is 36.4 Å². The first-order valence-electron chi connectivity index (χ1n) is 6.88. The van der Waals surface area contributed by atoms with Crippen molar-refractivity contribution in [2.45, 2.75) is 19.0 Å². The summed E-state index contributed by atoms with van der Waals surface area (Å²) in [6.45, 7) is 0.317. The number of halogens is 3. The molecular weight excluding hydrogens is 281 g/mol. The van der Waals surface area contributed by atoms with Crippen LogP contribution in [0.5, 0.6) is 0 Å². The molecular formula is C15H15F3N2O. The van der Waals surface area contributed by atoms with Gasteiger partial charge in [-0.1, -0.05) is 6.07 Å². The first kappa shape index (κ1) is 14.0. The molecule has 0 aliphatic carbocycles. The first-order valence-corrected chi connectivity index (χ1v) is 6.88. The van der Waals surface area contributed by atoms with Gasteiger partial charge in [0.2, 0.25) is 0 Å². The number of fused-ring (bicyclic) bond motifs is 1. The molecule has 0 radical (unpaired) electrons. The van der Waals surface area contributed by atoms with Crippen LogP contribution in [0.3, 0.4) is 0 Å². The maximum absolute atomic E-state index is 12.6. The van der Waals surface area contributed by atoms with Gasteiger partial charge in [0.05, 0.1) is 5.92 Å². The summed E-state index contributed by atoms with van der Waals surface area (Å²) in [5.74, 6) is -1.49. The smallest absolute Gasteiger partial charge is 0.361 e. The van der Waals surface area contributed by atoms with Gasteiger partial charge in [-0.25, -0.2) is 0 Å². The molecule has 0 bridgehead atoms. The average molecular weight is 296 g/mol. The molecule has 112 valence electrons. The number of likely N-dealkylation sites (tertiary alicyclic amines) is 1. The molecule has 0 saturated carbocycles. The van der Waals surface area contributed by atoms with Gasteiger partial charge in [0.1, 0.15) is 0 Å². The molecule has 1 saturated heterocycles. The zero-order valence-electron chi connectivity index (χ0n) is 11.3. The Hall–Kier alpha value is -1.98. The molecule has 1 amide bonds. The fourth-order valence-corrected chi connectivity index (χ4v) is 2.77. The molecule has 0 unspecified atom stereocenters. The number of carbonyl (C=O) groups excluding carboxylic acids is 1. The Morgan fingerprint density at radius 2 is 1.90 bits per heavy atom. The fourth-order valence-electron chi connectivity index (χ4n) is 2.77. The Morgan fingerprint density at radius 3 is 2.57 bits per heavy atom. The Morgan fingerprint density at radius 1 is 1.19 bits per heavy atom. The van der Waals surface area contributed by atoms with Crippen molar-refractivity contribution in [3.63, 3.8) is 0 Å². The third-order valence-corrected chi connectivity index (χ3v) is 4.05. The molecule has 1 aliphatic heterocycles. The molecule has 1 aromatic carbocycles. The van der Waals surface area contributed by atoms with E-state index in [1.165, 1.54) is 4.90 Å². The number of carbonyl (C=O) groups is 1. The number of benzene rings is 1. The van der Waals surface area contributed by atoms with Crippen LogP contribution in [-0.4, -0.2) is 35.1 Å². The lowest BCUT2D eigenvalue weighted by Gasteiger charge is -2.33. The van der Waals surface area contributed by atoms with Crippen molar-refractivity contribution < 1.29 is 18.0 Å². The molecule has 1 fully saturated rings. The third kappa shape index (κ3) is 2.75. The van der Waals surface area contributed by atoms with E-state index in [2.05, 4.69) is 4.98 Å². The van der Waals surface area contributed by atoms with Gasteiger partial charge in [0, 0.05) is 30.4 Å². The van der Waals surface area contributed by atoms with Crippen LogP contribution in [-0.2, 0) is 0 Å². The van der Waals surface area contributed by atoms with Crippen molar-refractivity contribution in [3.8, 4) is 0 Å². The van der Waals surface area contributed by atoms with Gasteiger partial charge < -0.3 is 9.88 Å². The number of alkyl halides is 3. The van der Waals surface area contributed by atoms with Gasteiger partial charge in [0.15, 0.2) is 0 Å². The highest BCUT2D eigenvalue weighted by Gasteiger charge is 2.41. The monoisotopic (exact) mass is 296 g/mol. The van der Waals surface area contributed by atoms with Crippen molar-refractivity contribution in [1.82, 2.24) is 9.88 Å². The van der Waals surface area contributed by atoms with Crippen LogP contribution in [0.1, 0.15) is 23.2 Å². The maximum atomic E-state index is 12.6. The predicted octanol–water partition coefficient (Wildman–Crippen LogP) is 3.58. The highest BCUT2D eigenvalue weighted by atomic mass is 19.4. The minimum atomic E-state index is -4.15. The Labute approximate surface area is 119 Å². The number of rotatable bonds is 1.